The first-order valence-corrected chi connectivity index (χ1v) is 9.95. The van der Waals surface area contributed by atoms with Gasteiger partial charge in [0.05, 0.1) is 23.2 Å². The van der Waals surface area contributed by atoms with Gasteiger partial charge < -0.3 is 4.90 Å². The van der Waals surface area contributed by atoms with E-state index in [1.807, 2.05) is 11.6 Å². The molecule has 1 amide bonds. The van der Waals surface area contributed by atoms with Gasteiger partial charge in [0.1, 0.15) is 0 Å². The van der Waals surface area contributed by atoms with Gasteiger partial charge in [-0.2, -0.15) is 9.40 Å². The van der Waals surface area contributed by atoms with Crippen molar-refractivity contribution < 1.29 is 13.2 Å². The number of sulfonamides is 1. The van der Waals surface area contributed by atoms with Crippen LogP contribution in [0.3, 0.4) is 0 Å². The highest BCUT2D eigenvalue weighted by Crippen LogP contribution is 2.20. The summed E-state index contributed by atoms with van der Waals surface area (Å²) in [5.41, 5.74) is 1.72. The van der Waals surface area contributed by atoms with Gasteiger partial charge in [0.15, 0.2) is 0 Å². The third kappa shape index (κ3) is 3.28. The Morgan fingerprint density at radius 2 is 1.91 bits per heavy atom. The number of carbonyl (C=O) groups is 1. The lowest BCUT2D eigenvalue weighted by molar-refractivity contribution is 0.0696. The highest BCUT2D eigenvalue weighted by molar-refractivity contribution is 7.89. The van der Waals surface area contributed by atoms with E-state index in [0.717, 1.165) is 31.5 Å². The van der Waals surface area contributed by atoms with Crippen LogP contribution in [0.15, 0.2) is 6.20 Å². The van der Waals surface area contributed by atoms with Crippen LogP contribution in [0.5, 0.6) is 0 Å². The third-order valence-corrected chi connectivity index (χ3v) is 6.67. The van der Waals surface area contributed by atoms with Crippen molar-refractivity contribution in [1.82, 2.24) is 19.0 Å². The molecule has 0 aliphatic carbocycles. The zero-order valence-electron chi connectivity index (χ0n) is 13.6. The Labute approximate surface area is 137 Å². The molecular weight excluding hydrogens is 316 g/mol. The van der Waals surface area contributed by atoms with Crippen molar-refractivity contribution in [3.63, 3.8) is 0 Å². The second kappa shape index (κ2) is 6.60. The summed E-state index contributed by atoms with van der Waals surface area (Å²) < 4.78 is 27.6. The summed E-state index contributed by atoms with van der Waals surface area (Å²) >= 11 is 0. The Kier molecular flexibility index (Phi) is 4.72. The van der Waals surface area contributed by atoms with Crippen LogP contribution < -0.4 is 0 Å². The van der Waals surface area contributed by atoms with Gasteiger partial charge >= 0.3 is 0 Å². The third-order valence-electron chi connectivity index (χ3n) is 4.59. The van der Waals surface area contributed by atoms with Crippen molar-refractivity contribution in [1.29, 1.82) is 0 Å². The molecule has 7 nitrogen and oxygen atoms in total. The Bertz CT molecular complexity index is 675. The number of nitrogens with zero attached hydrogens (tertiary/aromatic N) is 4. The first-order chi connectivity index (χ1) is 11.0. The predicted molar refractivity (Wildman–Crippen MR) is 86.7 cm³/mol. The van der Waals surface area contributed by atoms with Gasteiger partial charge in [-0.05, 0) is 25.7 Å². The Hall–Kier alpha value is -1.41. The van der Waals surface area contributed by atoms with Crippen LogP contribution >= 0.6 is 0 Å². The van der Waals surface area contributed by atoms with Crippen molar-refractivity contribution in [2.75, 3.05) is 31.9 Å². The van der Waals surface area contributed by atoms with E-state index >= 15 is 0 Å². The van der Waals surface area contributed by atoms with Crippen molar-refractivity contribution in [2.45, 2.75) is 39.2 Å². The number of amides is 1. The first kappa shape index (κ1) is 16.4. The molecule has 1 aromatic heterocycles. The molecule has 0 radical (unpaired) electrons. The van der Waals surface area contributed by atoms with Gasteiger partial charge in [-0.25, -0.2) is 8.42 Å². The Morgan fingerprint density at radius 1 is 1.17 bits per heavy atom. The fourth-order valence-corrected chi connectivity index (χ4v) is 4.82. The molecule has 3 heterocycles. The van der Waals surface area contributed by atoms with Crippen LogP contribution in [0.1, 0.15) is 42.2 Å². The van der Waals surface area contributed by atoms with E-state index in [-0.39, 0.29) is 11.7 Å². The van der Waals surface area contributed by atoms with Gasteiger partial charge in [0, 0.05) is 32.7 Å². The number of carbonyl (C=O) groups excluding carboxylic acids is 1. The van der Waals surface area contributed by atoms with E-state index in [2.05, 4.69) is 5.10 Å². The minimum Gasteiger partial charge on any atom is -0.336 e. The topological polar surface area (TPSA) is 75.5 Å². The number of aromatic nitrogens is 2. The molecule has 1 fully saturated rings. The normalized spacial score (nSPS) is 19.6. The minimum atomic E-state index is -3.17. The lowest BCUT2D eigenvalue weighted by Gasteiger charge is -2.34. The molecule has 1 aromatic rings. The molecular formula is C15H24N4O3S. The highest BCUT2D eigenvalue weighted by Gasteiger charge is 2.30. The molecule has 0 saturated carbocycles. The van der Waals surface area contributed by atoms with Crippen molar-refractivity contribution in [3.8, 4) is 0 Å². The molecule has 2 aliphatic heterocycles. The van der Waals surface area contributed by atoms with Crippen molar-refractivity contribution >= 4 is 15.9 Å². The molecule has 0 atom stereocenters. The maximum atomic E-state index is 12.7. The smallest absolute Gasteiger partial charge is 0.257 e. The summed E-state index contributed by atoms with van der Waals surface area (Å²) in [4.78, 5) is 14.5. The van der Waals surface area contributed by atoms with Gasteiger partial charge in [-0.15, -0.1) is 0 Å². The SMILES string of the molecule is CCCS(=O)(=O)N1CCN(C(=O)c2cnn3c2CCCC3)CC1. The summed E-state index contributed by atoms with van der Waals surface area (Å²) in [5.74, 6) is 0.165. The number of fused-ring (bicyclic) bond motifs is 1. The van der Waals surface area contributed by atoms with E-state index in [1.54, 1.807) is 11.1 Å². The quantitative estimate of drug-likeness (QED) is 0.809. The monoisotopic (exact) mass is 340 g/mol. The molecule has 3 rings (SSSR count). The van der Waals surface area contributed by atoms with E-state index in [0.29, 0.717) is 38.2 Å². The Morgan fingerprint density at radius 3 is 2.61 bits per heavy atom. The van der Waals surface area contributed by atoms with Crippen LogP contribution in [0, 0.1) is 0 Å². The zero-order chi connectivity index (χ0) is 16.4. The van der Waals surface area contributed by atoms with E-state index in [4.69, 9.17) is 0 Å². The van der Waals surface area contributed by atoms with E-state index in [9.17, 15) is 13.2 Å². The van der Waals surface area contributed by atoms with Crippen LogP contribution in [0.4, 0.5) is 0 Å². The second-order valence-corrected chi connectivity index (χ2v) is 8.28. The summed E-state index contributed by atoms with van der Waals surface area (Å²) in [6.07, 6.45) is 5.38. The van der Waals surface area contributed by atoms with Crippen molar-refractivity contribution in [3.05, 3.63) is 17.5 Å². The van der Waals surface area contributed by atoms with Gasteiger partial charge in [0.2, 0.25) is 10.0 Å². The van der Waals surface area contributed by atoms with Crippen LogP contribution in [-0.2, 0) is 23.0 Å². The Balaban J connectivity index is 1.66. The highest BCUT2D eigenvalue weighted by atomic mass is 32.2. The number of rotatable bonds is 4. The molecule has 0 N–H and O–H groups in total. The standard InChI is InChI=1S/C15H24N4O3S/c1-2-11-23(21,22)18-9-7-17(8-10-18)15(20)13-12-16-19-6-4-3-5-14(13)19/h12H,2-11H2,1H3. The molecule has 2 aliphatic rings. The average molecular weight is 340 g/mol. The summed E-state index contributed by atoms with van der Waals surface area (Å²) in [6, 6.07) is 0. The number of hydrogen-bond acceptors (Lipinski definition) is 4. The van der Waals surface area contributed by atoms with Gasteiger partial charge in [-0.1, -0.05) is 6.92 Å². The molecule has 1 saturated heterocycles. The maximum absolute atomic E-state index is 12.7. The number of aryl methyl sites for hydroxylation is 1. The number of piperazine rings is 1. The van der Waals surface area contributed by atoms with Crippen LogP contribution in [-0.4, -0.2) is 65.2 Å². The number of hydrogen-bond donors (Lipinski definition) is 0. The molecule has 128 valence electrons. The largest absolute Gasteiger partial charge is 0.336 e. The second-order valence-electron chi connectivity index (χ2n) is 6.19. The van der Waals surface area contributed by atoms with Crippen LogP contribution in [0.25, 0.3) is 0 Å². The van der Waals surface area contributed by atoms with Gasteiger partial charge in [0.25, 0.3) is 5.91 Å². The fourth-order valence-electron chi connectivity index (χ4n) is 3.33. The molecule has 8 heteroatoms. The molecule has 0 spiro atoms. The lowest BCUT2D eigenvalue weighted by atomic mass is 10.1. The van der Waals surface area contributed by atoms with Gasteiger partial charge in [-0.3, -0.25) is 9.48 Å². The first-order valence-electron chi connectivity index (χ1n) is 8.34. The zero-order valence-corrected chi connectivity index (χ0v) is 14.4. The molecule has 0 aromatic carbocycles. The predicted octanol–water partition coefficient (Wildman–Crippen LogP) is 0.717. The van der Waals surface area contributed by atoms with Crippen LogP contribution in [0.2, 0.25) is 0 Å². The molecule has 23 heavy (non-hydrogen) atoms. The molecule has 0 bridgehead atoms. The summed E-state index contributed by atoms with van der Waals surface area (Å²) in [7, 11) is -3.17. The lowest BCUT2D eigenvalue weighted by Crippen LogP contribution is -2.51. The fraction of sp³-hybridized carbons (Fsp3) is 0.733. The summed E-state index contributed by atoms with van der Waals surface area (Å²) in [5, 5.41) is 4.31. The van der Waals surface area contributed by atoms with Crippen molar-refractivity contribution in [2.24, 2.45) is 0 Å². The van der Waals surface area contributed by atoms with E-state index < -0.39 is 10.0 Å². The van der Waals surface area contributed by atoms with E-state index in [1.165, 1.54) is 4.31 Å². The summed E-state index contributed by atoms with van der Waals surface area (Å²) in [6.45, 7) is 4.42. The molecule has 0 unspecified atom stereocenters. The minimum absolute atomic E-state index is 0.0133. The average Bonchev–Trinajstić information content (AvgIpc) is 2.98. The maximum Gasteiger partial charge on any atom is 0.257 e.